The smallest absolute Gasteiger partial charge is 0.326 e. The maximum atomic E-state index is 12.7. The van der Waals surface area contributed by atoms with Crippen LogP contribution < -0.4 is 10.1 Å². The topological polar surface area (TPSA) is 75.6 Å². The van der Waals surface area contributed by atoms with Gasteiger partial charge in [0.15, 0.2) is 0 Å². The highest BCUT2D eigenvalue weighted by Gasteiger charge is 2.21. The first-order valence-corrected chi connectivity index (χ1v) is 11.3. The zero-order valence-corrected chi connectivity index (χ0v) is 19.3. The van der Waals surface area contributed by atoms with E-state index in [4.69, 9.17) is 4.74 Å². The number of carboxylic acid groups (broad SMARTS) is 1. The Morgan fingerprint density at radius 3 is 2.27 bits per heavy atom. The third-order valence-electron chi connectivity index (χ3n) is 5.28. The first-order chi connectivity index (χ1) is 16.0. The van der Waals surface area contributed by atoms with Gasteiger partial charge in [0.2, 0.25) is 0 Å². The van der Waals surface area contributed by atoms with Gasteiger partial charge >= 0.3 is 5.97 Å². The number of halogens is 1. The third-order valence-corrected chi connectivity index (χ3v) is 5.81. The molecule has 2 N–H and O–H groups in total. The molecule has 4 aromatic carbocycles. The molecule has 5 nitrogen and oxygen atoms in total. The van der Waals surface area contributed by atoms with Crippen LogP contribution in [0.15, 0.2) is 95.5 Å². The van der Waals surface area contributed by atoms with Crippen molar-refractivity contribution in [1.29, 1.82) is 0 Å². The quantitative estimate of drug-likeness (QED) is 0.327. The van der Waals surface area contributed by atoms with Crippen LogP contribution in [0.4, 0.5) is 0 Å². The highest BCUT2D eigenvalue weighted by Crippen LogP contribution is 2.23. The number of hydrogen-bond acceptors (Lipinski definition) is 3. The maximum Gasteiger partial charge on any atom is 0.326 e. The van der Waals surface area contributed by atoms with Gasteiger partial charge in [-0.3, -0.25) is 4.79 Å². The lowest BCUT2D eigenvalue weighted by molar-refractivity contribution is -0.139. The average Bonchev–Trinajstić information content (AvgIpc) is 2.83. The molecule has 0 saturated carbocycles. The van der Waals surface area contributed by atoms with E-state index in [2.05, 4.69) is 21.2 Å². The largest absolute Gasteiger partial charge is 0.489 e. The number of hydrogen-bond donors (Lipinski definition) is 2. The Bertz CT molecular complexity index is 1270. The second kappa shape index (κ2) is 10.3. The molecule has 6 heteroatoms. The summed E-state index contributed by atoms with van der Waals surface area (Å²) in [7, 11) is 0. The van der Waals surface area contributed by atoms with Gasteiger partial charge in [-0.1, -0.05) is 70.5 Å². The van der Waals surface area contributed by atoms with Crippen molar-refractivity contribution in [2.24, 2.45) is 0 Å². The number of fused-ring (bicyclic) bond motifs is 1. The van der Waals surface area contributed by atoms with Gasteiger partial charge < -0.3 is 15.2 Å². The Morgan fingerprint density at radius 2 is 1.55 bits per heavy atom. The van der Waals surface area contributed by atoms with Crippen molar-refractivity contribution in [3.8, 4) is 5.75 Å². The fourth-order valence-corrected chi connectivity index (χ4v) is 3.76. The van der Waals surface area contributed by atoms with Gasteiger partial charge in [-0.25, -0.2) is 4.79 Å². The van der Waals surface area contributed by atoms with Gasteiger partial charge in [0.25, 0.3) is 5.91 Å². The number of carboxylic acids is 1. The van der Waals surface area contributed by atoms with Crippen LogP contribution in [0, 0.1) is 0 Å². The molecule has 1 atom stereocenters. The minimum Gasteiger partial charge on any atom is -0.489 e. The highest BCUT2D eigenvalue weighted by atomic mass is 79.9. The zero-order chi connectivity index (χ0) is 23.2. The standard InChI is InChI=1S/C27H22BrNO4/c28-23-11-6-19(7-12-23)17-33-24-13-10-20-15-22(9-8-21(20)16-24)26(30)29-25(27(31)32)14-18-4-2-1-3-5-18/h1-13,15-16,25H,14,17H2,(H,29,30)(H,31,32). The van der Waals surface area contributed by atoms with Gasteiger partial charge in [-0.05, 0) is 58.3 Å². The predicted octanol–water partition coefficient (Wildman–Crippen LogP) is 5.61. The van der Waals surface area contributed by atoms with E-state index in [9.17, 15) is 14.7 Å². The van der Waals surface area contributed by atoms with Gasteiger partial charge in [0.1, 0.15) is 18.4 Å². The Balaban J connectivity index is 1.44. The normalized spacial score (nSPS) is 11.7. The molecule has 0 radical (unpaired) electrons. The second-order valence-electron chi connectivity index (χ2n) is 7.69. The van der Waals surface area contributed by atoms with E-state index in [1.807, 2.05) is 78.9 Å². The molecule has 0 fully saturated rings. The van der Waals surface area contributed by atoms with Crippen LogP contribution >= 0.6 is 15.9 Å². The van der Waals surface area contributed by atoms with E-state index >= 15 is 0 Å². The molecular weight excluding hydrogens is 482 g/mol. The van der Waals surface area contributed by atoms with Crippen LogP contribution in [0.25, 0.3) is 10.8 Å². The van der Waals surface area contributed by atoms with E-state index < -0.39 is 17.9 Å². The molecule has 1 amide bonds. The van der Waals surface area contributed by atoms with Crippen molar-refractivity contribution in [2.45, 2.75) is 19.1 Å². The van der Waals surface area contributed by atoms with Gasteiger partial charge in [-0.15, -0.1) is 0 Å². The first kappa shape index (κ1) is 22.6. The lowest BCUT2D eigenvalue weighted by atomic mass is 10.0. The second-order valence-corrected chi connectivity index (χ2v) is 8.61. The monoisotopic (exact) mass is 503 g/mol. The maximum absolute atomic E-state index is 12.7. The van der Waals surface area contributed by atoms with Crippen LogP contribution in [0.1, 0.15) is 21.5 Å². The summed E-state index contributed by atoms with van der Waals surface area (Å²) in [6.45, 7) is 0.456. The SMILES string of the molecule is O=C(NC(Cc1ccccc1)C(=O)O)c1ccc2cc(OCc3ccc(Br)cc3)ccc2c1. The number of ether oxygens (including phenoxy) is 1. The molecule has 0 saturated heterocycles. The fraction of sp³-hybridized carbons (Fsp3) is 0.111. The number of benzene rings is 4. The highest BCUT2D eigenvalue weighted by molar-refractivity contribution is 9.10. The molecule has 0 aliphatic carbocycles. The lowest BCUT2D eigenvalue weighted by Crippen LogP contribution is -2.42. The molecule has 0 aliphatic heterocycles. The summed E-state index contributed by atoms with van der Waals surface area (Å²) in [4.78, 5) is 24.4. The molecular formula is C27H22BrNO4. The average molecular weight is 504 g/mol. The van der Waals surface area contributed by atoms with E-state index in [0.29, 0.717) is 12.2 Å². The third kappa shape index (κ3) is 5.99. The van der Waals surface area contributed by atoms with Crippen molar-refractivity contribution < 1.29 is 19.4 Å². The number of carbonyl (C=O) groups excluding carboxylic acids is 1. The summed E-state index contributed by atoms with van der Waals surface area (Å²) in [5.41, 5.74) is 2.32. The Kier molecular flexibility index (Phi) is 7.05. The number of aliphatic carboxylic acids is 1. The summed E-state index contributed by atoms with van der Waals surface area (Å²) in [6, 6.07) is 27.1. The first-order valence-electron chi connectivity index (χ1n) is 10.5. The van der Waals surface area contributed by atoms with Crippen molar-refractivity contribution in [3.63, 3.8) is 0 Å². The van der Waals surface area contributed by atoms with Crippen molar-refractivity contribution >= 4 is 38.6 Å². The molecule has 166 valence electrons. The minimum absolute atomic E-state index is 0.217. The van der Waals surface area contributed by atoms with E-state index in [1.165, 1.54) is 0 Å². The molecule has 0 heterocycles. The van der Waals surface area contributed by atoms with Crippen LogP contribution in [0.3, 0.4) is 0 Å². The summed E-state index contributed by atoms with van der Waals surface area (Å²) in [5, 5.41) is 14.0. The fourth-order valence-electron chi connectivity index (χ4n) is 3.49. The number of carbonyl (C=O) groups is 2. The predicted molar refractivity (Wildman–Crippen MR) is 131 cm³/mol. The van der Waals surface area contributed by atoms with Crippen molar-refractivity contribution in [2.75, 3.05) is 0 Å². The van der Waals surface area contributed by atoms with Gasteiger partial charge in [0, 0.05) is 16.5 Å². The summed E-state index contributed by atoms with van der Waals surface area (Å²) >= 11 is 3.42. The van der Waals surface area contributed by atoms with Gasteiger partial charge in [0.05, 0.1) is 0 Å². The van der Waals surface area contributed by atoms with Crippen LogP contribution in [-0.2, 0) is 17.8 Å². The summed E-state index contributed by atoms with van der Waals surface area (Å²) in [6.07, 6.45) is 0.217. The summed E-state index contributed by atoms with van der Waals surface area (Å²) < 4.78 is 6.91. The Labute approximate surface area is 200 Å². The Hall–Kier alpha value is -3.64. The molecule has 1 unspecified atom stereocenters. The zero-order valence-electron chi connectivity index (χ0n) is 17.7. The van der Waals surface area contributed by atoms with Crippen LogP contribution in [0.5, 0.6) is 5.75 Å². The molecule has 0 bridgehead atoms. The summed E-state index contributed by atoms with van der Waals surface area (Å²) in [5.74, 6) is -0.757. The van der Waals surface area contributed by atoms with Crippen LogP contribution in [-0.4, -0.2) is 23.0 Å². The lowest BCUT2D eigenvalue weighted by Gasteiger charge is -2.15. The number of amides is 1. The van der Waals surface area contributed by atoms with E-state index in [0.717, 1.165) is 32.1 Å². The van der Waals surface area contributed by atoms with E-state index in [-0.39, 0.29) is 6.42 Å². The molecule has 4 rings (SSSR count). The van der Waals surface area contributed by atoms with Gasteiger partial charge in [-0.2, -0.15) is 0 Å². The van der Waals surface area contributed by atoms with E-state index in [1.54, 1.807) is 12.1 Å². The molecule has 4 aromatic rings. The molecule has 0 aliphatic rings. The minimum atomic E-state index is -1.07. The van der Waals surface area contributed by atoms with Crippen molar-refractivity contribution in [1.82, 2.24) is 5.32 Å². The number of rotatable bonds is 8. The van der Waals surface area contributed by atoms with Crippen LogP contribution in [0.2, 0.25) is 0 Å². The molecule has 0 spiro atoms. The Morgan fingerprint density at radius 1 is 0.848 bits per heavy atom. The number of nitrogens with one attached hydrogen (secondary N) is 1. The molecule has 33 heavy (non-hydrogen) atoms. The van der Waals surface area contributed by atoms with Crippen molar-refractivity contribution in [3.05, 3.63) is 112 Å². The molecule has 0 aromatic heterocycles.